The first-order valence-electron chi connectivity index (χ1n) is 5.46. The summed E-state index contributed by atoms with van der Waals surface area (Å²) in [7, 11) is 3.43. The van der Waals surface area contributed by atoms with E-state index in [9.17, 15) is 0 Å². The van der Waals surface area contributed by atoms with E-state index >= 15 is 0 Å². The lowest BCUT2D eigenvalue weighted by molar-refractivity contribution is 0.414. The van der Waals surface area contributed by atoms with Crippen LogP contribution in [0.25, 0.3) is 11.3 Å². The molecule has 90 valence electrons. The van der Waals surface area contributed by atoms with Crippen LogP contribution in [0.15, 0.2) is 22.6 Å². The van der Waals surface area contributed by atoms with Crippen LogP contribution in [-0.2, 0) is 0 Å². The maximum absolute atomic E-state index is 5.64. The average Bonchev–Trinajstić information content (AvgIpc) is 2.70. The molecule has 1 N–H and O–H groups in total. The number of hydrogen-bond acceptors (Lipinski definition) is 4. The number of ether oxygens (including phenoxy) is 1. The Hall–Kier alpha value is -1.97. The van der Waals surface area contributed by atoms with Crippen LogP contribution >= 0.6 is 0 Å². The fourth-order valence-corrected chi connectivity index (χ4v) is 1.75. The maximum atomic E-state index is 5.64. The Kier molecular flexibility index (Phi) is 3.04. The summed E-state index contributed by atoms with van der Waals surface area (Å²) in [6, 6.07) is 6.49. The number of anilines is 1. The Morgan fingerprint density at radius 2 is 2.06 bits per heavy atom. The molecular formula is C13H16N2O2. The van der Waals surface area contributed by atoms with Crippen LogP contribution in [0.3, 0.4) is 0 Å². The van der Waals surface area contributed by atoms with E-state index < -0.39 is 0 Å². The molecule has 0 saturated carbocycles. The summed E-state index contributed by atoms with van der Waals surface area (Å²) in [6.07, 6.45) is 0. The van der Waals surface area contributed by atoms with E-state index in [2.05, 4.69) is 10.3 Å². The monoisotopic (exact) mass is 232 g/mol. The first-order valence-corrected chi connectivity index (χ1v) is 5.46. The second-order valence-electron chi connectivity index (χ2n) is 3.89. The third-order valence-electron chi connectivity index (χ3n) is 2.61. The van der Waals surface area contributed by atoms with Crippen LogP contribution in [0.4, 0.5) is 6.01 Å². The quantitative estimate of drug-likeness (QED) is 0.883. The molecule has 2 rings (SSSR count). The van der Waals surface area contributed by atoms with Crippen molar-refractivity contribution in [3.05, 3.63) is 29.5 Å². The Morgan fingerprint density at radius 1 is 1.29 bits per heavy atom. The molecule has 0 unspecified atom stereocenters. The second kappa shape index (κ2) is 4.49. The number of aromatic nitrogens is 1. The summed E-state index contributed by atoms with van der Waals surface area (Å²) in [5.41, 5.74) is 2.93. The number of nitrogens with one attached hydrogen (secondary N) is 1. The standard InChI is InChI=1S/C13H16N2O2/c1-8-5-6-11(16-4)10(7-8)12-9(2)15-13(14-3)17-12/h5-7H,1-4H3,(H,14,15). The van der Waals surface area contributed by atoms with Crippen molar-refractivity contribution in [3.8, 4) is 17.1 Å². The van der Waals surface area contributed by atoms with Gasteiger partial charge in [0.2, 0.25) is 0 Å². The van der Waals surface area contributed by atoms with Crippen molar-refractivity contribution in [1.82, 2.24) is 4.98 Å². The van der Waals surface area contributed by atoms with Crippen LogP contribution in [0, 0.1) is 13.8 Å². The zero-order valence-corrected chi connectivity index (χ0v) is 10.5. The molecule has 0 bridgehead atoms. The van der Waals surface area contributed by atoms with Gasteiger partial charge in [-0.15, -0.1) is 0 Å². The molecule has 0 aliphatic rings. The number of hydrogen-bond donors (Lipinski definition) is 1. The predicted molar refractivity (Wildman–Crippen MR) is 67.5 cm³/mol. The van der Waals surface area contributed by atoms with Gasteiger partial charge in [0.05, 0.1) is 18.4 Å². The summed E-state index contributed by atoms with van der Waals surface area (Å²) in [4.78, 5) is 4.28. The highest BCUT2D eigenvalue weighted by Crippen LogP contribution is 2.34. The lowest BCUT2D eigenvalue weighted by Crippen LogP contribution is -1.89. The van der Waals surface area contributed by atoms with Crippen molar-refractivity contribution in [1.29, 1.82) is 0 Å². The molecule has 0 amide bonds. The Morgan fingerprint density at radius 3 is 2.65 bits per heavy atom. The molecule has 1 aromatic heterocycles. The average molecular weight is 232 g/mol. The molecule has 4 heteroatoms. The minimum absolute atomic E-state index is 0.515. The van der Waals surface area contributed by atoms with Gasteiger partial charge in [0, 0.05) is 7.05 Å². The van der Waals surface area contributed by atoms with Gasteiger partial charge in [0.25, 0.3) is 6.01 Å². The molecule has 0 radical (unpaired) electrons. The third kappa shape index (κ3) is 2.11. The van der Waals surface area contributed by atoms with Gasteiger partial charge in [-0.1, -0.05) is 11.6 Å². The van der Waals surface area contributed by atoms with Gasteiger partial charge in [0.1, 0.15) is 5.75 Å². The van der Waals surface area contributed by atoms with Crippen LogP contribution < -0.4 is 10.1 Å². The van der Waals surface area contributed by atoms with Crippen molar-refractivity contribution in [3.63, 3.8) is 0 Å². The van der Waals surface area contributed by atoms with Gasteiger partial charge in [0.15, 0.2) is 5.76 Å². The highest BCUT2D eigenvalue weighted by Gasteiger charge is 2.15. The molecule has 0 atom stereocenters. The number of methoxy groups -OCH3 is 1. The van der Waals surface area contributed by atoms with Gasteiger partial charge >= 0.3 is 0 Å². The Balaban J connectivity index is 2.58. The predicted octanol–water partition coefficient (Wildman–Crippen LogP) is 3.01. The normalized spacial score (nSPS) is 10.4. The van der Waals surface area contributed by atoms with Gasteiger partial charge in [-0.25, -0.2) is 0 Å². The smallest absolute Gasteiger partial charge is 0.295 e. The number of nitrogens with zero attached hydrogens (tertiary/aromatic N) is 1. The van der Waals surface area contributed by atoms with E-state index in [1.165, 1.54) is 0 Å². The Labute approximate surface area is 101 Å². The molecule has 4 nitrogen and oxygen atoms in total. The first-order chi connectivity index (χ1) is 8.15. The molecule has 0 spiro atoms. The van der Waals surface area contributed by atoms with Crippen molar-refractivity contribution in [2.75, 3.05) is 19.5 Å². The zero-order valence-electron chi connectivity index (χ0n) is 10.5. The summed E-state index contributed by atoms with van der Waals surface area (Å²) in [6.45, 7) is 3.95. The fourth-order valence-electron chi connectivity index (χ4n) is 1.75. The van der Waals surface area contributed by atoms with Crippen molar-refractivity contribution < 1.29 is 9.15 Å². The summed E-state index contributed by atoms with van der Waals surface area (Å²) in [5.74, 6) is 1.53. The number of aryl methyl sites for hydroxylation is 2. The molecule has 1 heterocycles. The second-order valence-corrected chi connectivity index (χ2v) is 3.89. The van der Waals surface area contributed by atoms with Crippen molar-refractivity contribution >= 4 is 6.01 Å². The van der Waals surface area contributed by atoms with E-state index in [0.29, 0.717) is 6.01 Å². The van der Waals surface area contributed by atoms with Gasteiger partial charge in [-0.05, 0) is 26.0 Å². The fraction of sp³-hybridized carbons (Fsp3) is 0.308. The SMILES string of the molecule is CNc1nc(C)c(-c2cc(C)ccc2OC)o1. The van der Waals surface area contributed by atoms with Gasteiger partial charge < -0.3 is 14.5 Å². The molecule has 17 heavy (non-hydrogen) atoms. The minimum atomic E-state index is 0.515. The minimum Gasteiger partial charge on any atom is -0.496 e. The van der Waals surface area contributed by atoms with Gasteiger partial charge in [-0.2, -0.15) is 4.98 Å². The van der Waals surface area contributed by atoms with E-state index in [-0.39, 0.29) is 0 Å². The van der Waals surface area contributed by atoms with Crippen molar-refractivity contribution in [2.24, 2.45) is 0 Å². The highest BCUT2D eigenvalue weighted by molar-refractivity contribution is 5.69. The van der Waals surface area contributed by atoms with Crippen LogP contribution in [0.5, 0.6) is 5.75 Å². The van der Waals surface area contributed by atoms with Crippen LogP contribution in [-0.4, -0.2) is 19.1 Å². The molecule has 0 saturated heterocycles. The zero-order chi connectivity index (χ0) is 12.4. The van der Waals surface area contributed by atoms with Crippen LogP contribution in [0.1, 0.15) is 11.3 Å². The lowest BCUT2D eigenvalue weighted by atomic mass is 10.1. The maximum Gasteiger partial charge on any atom is 0.295 e. The number of benzene rings is 1. The number of oxazole rings is 1. The van der Waals surface area contributed by atoms with Gasteiger partial charge in [-0.3, -0.25) is 0 Å². The van der Waals surface area contributed by atoms with Crippen LogP contribution in [0.2, 0.25) is 0 Å². The summed E-state index contributed by atoms with van der Waals surface area (Å²) in [5, 5.41) is 2.89. The third-order valence-corrected chi connectivity index (χ3v) is 2.61. The Bertz CT molecular complexity index is 532. The molecule has 1 aromatic carbocycles. The number of rotatable bonds is 3. The first kappa shape index (κ1) is 11.5. The molecule has 0 aliphatic heterocycles. The summed E-state index contributed by atoms with van der Waals surface area (Å²) >= 11 is 0. The highest BCUT2D eigenvalue weighted by atomic mass is 16.5. The largest absolute Gasteiger partial charge is 0.496 e. The molecular weight excluding hydrogens is 216 g/mol. The van der Waals surface area contributed by atoms with Crippen molar-refractivity contribution in [2.45, 2.75) is 13.8 Å². The lowest BCUT2D eigenvalue weighted by Gasteiger charge is -2.07. The summed E-state index contributed by atoms with van der Waals surface area (Å²) < 4.78 is 11.0. The van der Waals surface area contributed by atoms with E-state index in [0.717, 1.165) is 28.3 Å². The topological polar surface area (TPSA) is 47.3 Å². The molecule has 2 aromatic rings. The van der Waals surface area contributed by atoms with E-state index in [4.69, 9.17) is 9.15 Å². The molecule has 0 aliphatic carbocycles. The molecule has 0 fully saturated rings. The van der Waals surface area contributed by atoms with E-state index in [1.54, 1.807) is 14.2 Å². The van der Waals surface area contributed by atoms with E-state index in [1.807, 2.05) is 32.0 Å².